The van der Waals surface area contributed by atoms with Gasteiger partial charge in [0.1, 0.15) is 6.10 Å². The van der Waals surface area contributed by atoms with Gasteiger partial charge in [0.2, 0.25) is 0 Å². The van der Waals surface area contributed by atoms with Crippen molar-refractivity contribution in [1.82, 2.24) is 4.98 Å². The van der Waals surface area contributed by atoms with E-state index in [0.29, 0.717) is 0 Å². The zero-order valence-corrected chi connectivity index (χ0v) is 12.3. The first-order valence-electron chi connectivity index (χ1n) is 6.02. The van der Waals surface area contributed by atoms with E-state index in [1.54, 1.807) is 6.20 Å². The second-order valence-corrected chi connectivity index (χ2v) is 5.53. The summed E-state index contributed by atoms with van der Waals surface area (Å²) < 4.78 is 1.06. The third-order valence-corrected chi connectivity index (χ3v) is 4.19. The Hall–Kier alpha value is -1.46. The minimum Gasteiger partial charge on any atom is -0.384 e. The molecule has 3 heteroatoms. The predicted octanol–water partition coefficient (Wildman–Crippen LogP) is 3.92. The zero-order chi connectivity index (χ0) is 13.2. The lowest BCUT2D eigenvalue weighted by molar-refractivity contribution is 0.221. The van der Waals surface area contributed by atoms with Crippen LogP contribution >= 0.6 is 22.6 Å². The Morgan fingerprint density at radius 3 is 2.58 bits per heavy atom. The van der Waals surface area contributed by atoms with Gasteiger partial charge in [-0.1, -0.05) is 36.4 Å². The molecule has 0 bridgehead atoms. The van der Waals surface area contributed by atoms with Crippen molar-refractivity contribution in [2.75, 3.05) is 0 Å². The SMILES string of the molecule is OC(c1ccccc1I)c1cccc2ccncc12. The van der Waals surface area contributed by atoms with Crippen molar-refractivity contribution in [3.8, 4) is 0 Å². The molecule has 1 unspecified atom stereocenters. The fourth-order valence-corrected chi connectivity index (χ4v) is 2.92. The van der Waals surface area contributed by atoms with Gasteiger partial charge in [0.25, 0.3) is 0 Å². The molecule has 94 valence electrons. The second kappa shape index (κ2) is 5.27. The van der Waals surface area contributed by atoms with Crippen LogP contribution in [-0.2, 0) is 0 Å². The van der Waals surface area contributed by atoms with E-state index in [2.05, 4.69) is 27.6 Å². The summed E-state index contributed by atoms with van der Waals surface area (Å²) in [6.45, 7) is 0. The number of benzene rings is 2. The molecule has 1 aromatic heterocycles. The summed E-state index contributed by atoms with van der Waals surface area (Å²) in [5, 5.41) is 12.7. The highest BCUT2D eigenvalue weighted by molar-refractivity contribution is 14.1. The number of halogens is 1. The minimum atomic E-state index is -0.624. The molecule has 1 N–H and O–H groups in total. The van der Waals surface area contributed by atoms with Crippen molar-refractivity contribution in [2.45, 2.75) is 6.10 Å². The van der Waals surface area contributed by atoms with Crippen LogP contribution in [0.4, 0.5) is 0 Å². The molecule has 0 saturated carbocycles. The maximum absolute atomic E-state index is 10.6. The largest absolute Gasteiger partial charge is 0.384 e. The smallest absolute Gasteiger partial charge is 0.106 e. The second-order valence-electron chi connectivity index (χ2n) is 4.37. The van der Waals surface area contributed by atoms with Gasteiger partial charge in [-0.3, -0.25) is 4.98 Å². The van der Waals surface area contributed by atoms with Gasteiger partial charge in [-0.25, -0.2) is 0 Å². The summed E-state index contributed by atoms with van der Waals surface area (Å²) in [7, 11) is 0. The van der Waals surface area contributed by atoms with Crippen molar-refractivity contribution >= 4 is 33.4 Å². The molecule has 3 rings (SSSR count). The number of nitrogens with zero attached hydrogens (tertiary/aromatic N) is 1. The molecule has 2 nitrogen and oxygen atoms in total. The van der Waals surface area contributed by atoms with Gasteiger partial charge in [0, 0.05) is 21.4 Å². The monoisotopic (exact) mass is 361 g/mol. The summed E-state index contributed by atoms with van der Waals surface area (Å²) in [6.07, 6.45) is 2.95. The summed E-state index contributed by atoms with van der Waals surface area (Å²) >= 11 is 2.25. The lowest BCUT2D eigenvalue weighted by Crippen LogP contribution is -2.02. The predicted molar refractivity (Wildman–Crippen MR) is 85.0 cm³/mol. The zero-order valence-electron chi connectivity index (χ0n) is 10.1. The van der Waals surface area contributed by atoms with E-state index in [0.717, 1.165) is 25.5 Å². The Morgan fingerprint density at radius 2 is 1.74 bits per heavy atom. The van der Waals surface area contributed by atoms with Crippen LogP contribution in [0, 0.1) is 3.57 Å². The first-order chi connectivity index (χ1) is 9.27. The summed E-state index contributed by atoms with van der Waals surface area (Å²) in [4.78, 5) is 4.16. The molecule has 19 heavy (non-hydrogen) atoms. The summed E-state index contributed by atoms with van der Waals surface area (Å²) in [5.41, 5.74) is 1.83. The molecule has 0 aliphatic carbocycles. The van der Waals surface area contributed by atoms with Gasteiger partial charge < -0.3 is 5.11 Å². The van der Waals surface area contributed by atoms with Gasteiger partial charge >= 0.3 is 0 Å². The molecule has 0 fully saturated rings. The average molecular weight is 361 g/mol. The van der Waals surface area contributed by atoms with Crippen LogP contribution in [0.3, 0.4) is 0 Å². The maximum Gasteiger partial charge on any atom is 0.106 e. The summed E-state index contributed by atoms with van der Waals surface area (Å²) in [5.74, 6) is 0. The Morgan fingerprint density at radius 1 is 0.947 bits per heavy atom. The highest BCUT2D eigenvalue weighted by Crippen LogP contribution is 2.30. The number of fused-ring (bicyclic) bond motifs is 1. The van der Waals surface area contributed by atoms with Crippen LogP contribution in [-0.4, -0.2) is 10.1 Å². The van der Waals surface area contributed by atoms with Crippen molar-refractivity contribution in [3.05, 3.63) is 75.6 Å². The molecular weight excluding hydrogens is 349 g/mol. The number of aliphatic hydroxyl groups excluding tert-OH is 1. The molecular formula is C16H12INO. The Kier molecular flexibility index (Phi) is 3.48. The Balaban J connectivity index is 2.17. The molecule has 2 aromatic carbocycles. The highest BCUT2D eigenvalue weighted by Gasteiger charge is 2.15. The number of aliphatic hydroxyl groups is 1. The van der Waals surface area contributed by atoms with Crippen LogP contribution in [0.15, 0.2) is 60.9 Å². The van der Waals surface area contributed by atoms with E-state index in [9.17, 15) is 5.11 Å². The molecule has 0 saturated heterocycles. The fraction of sp³-hybridized carbons (Fsp3) is 0.0625. The van der Waals surface area contributed by atoms with Gasteiger partial charge in [-0.15, -0.1) is 0 Å². The van der Waals surface area contributed by atoms with Crippen molar-refractivity contribution < 1.29 is 5.11 Å². The van der Waals surface area contributed by atoms with Crippen LogP contribution in [0.1, 0.15) is 17.2 Å². The third-order valence-electron chi connectivity index (χ3n) is 3.21. The van der Waals surface area contributed by atoms with E-state index in [1.165, 1.54) is 0 Å². The normalized spacial score (nSPS) is 12.5. The lowest BCUT2D eigenvalue weighted by atomic mass is 9.97. The molecule has 0 spiro atoms. The topological polar surface area (TPSA) is 33.1 Å². The van der Waals surface area contributed by atoms with Crippen molar-refractivity contribution in [3.63, 3.8) is 0 Å². The Bertz CT molecular complexity index is 721. The summed E-state index contributed by atoms with van der Waals surface area (Å²) in [6, 6.07) is 15.8. The van der Waals surface area contributed by atoms with Gasteiger partial charge in [-0.2, -0.15) is 0 Å². The number of pyridine rings is 1. The van der Waals surface area contributed by atoms with Gasteiger partial charge in [-0.05, 0) is 51.2 Å². The molecule has 3 aromatic rings. The molecule has 0 aliphatic heterocycles. The quantitative estimate of drug-likeness (QED) is 0.702. The van der Waals surface area contributed by atoms with Crippen LogP contribution in [0.25, 0.3) is 10.8 Å². The molecule has 0 aliphatic rings. The van der Waals surface area contributed by atoms with Crippen LogP contribution in [0.2, 0.25) is 0 Å². The number of rotatable bonds is 2. The van der Waals surface area contributed by atoms with E-state index in [1.807, 2.05) is 54.7 Å². The average Bonchev–Trinajstić information content (AvgIpc) is 2.46. The third kappa shape index (κ3) is 2.35. The number of hydrogen-bond acceptors (Lipinski definition) is 2. The highest BCUT2D eigenvalue weighted by atomic mass is 127. The minimum absolute atomic E-state index is 0.624. The van der Waals surface area contributed by atoms with Crippen molar-refractivity contribution in [1.29, 1.82) is 0 Å². The van der Waals surface area contributed by atoms with Crippen LogP contribution < -0.4 is 0 Å². The van der Waals surface area contributed by atoms with E-state index in [-0.39, 0.29) is 0 Å². The molecule has 1 atom stereocenters. The number of aromatic nitrogens is 1. The van der Waals surface area contributed by atoms with Gasteiger partial charge in [0.15, 0.2) is 0 Å². The first kappa shape index (κ1) is 12.6. The van der Waals surface area contributed by atoms with E-state index in [4.69, 9.17) is 0 Å². The van der Waals surface area contributed by atoms with Crippen LogP contribution in [0.5, 0.6) is 0 Å². The fourth-order valence-electron chi connectivity index (χ4n) is 2.24. The van der Waals surface area contributed by atoms with E-state index >= 15 is 0 Å². The molecule has 0 amide bonds. The number of hydrogen-bond donors (Lipinski definition) is 1. The first-order valence-corrected chi connectivity index (χ1v) is 7.10. The molecule has 0 radical (unpaired) electrons. The maximum atomic E-state index is 10.6. The van der Waals surface area contributed by atoms with E-state index < -0.39 is 6.10 Å². The van der Waals surface area contributed by atoms with Crippen molar-refractivity contribution in [2.24, 2.45) is 0 Å². The standard InChI is InChI=1S/C16H12INO/c17-15-7-2-1-5-13(15)16(19)12-6-3-4-11-8-9-18-10-14(11)12/h1-10,16,19H. The lowest BCUT2D eigenvalue weighted by Gasteiger charge is -2.15. The molecule has 1 heterocycles. The van der Waals surface area contributed by atoms with Gasteiger partial charge in [0.05, 0.1) is 0 Å². The Labute approximate surface area is 125 Å².